The zero-order chi connectivity index (χ0) is 18.8. The molecule has 1 aliphatic rings. The van der Waals surface area contributed by atoms with Gasteiger partial charge in [0.05, 0.1) is 10.6 Å². The van der Waals surface area contributed by atoms with E-state index in [1.807, 2.05) is 0 Å². The number of hydrogen-bond donors (Lipinski definition) is 2. The summed E-state index contributed by atoms with van der Waals surface area (Å²) in [7, 11) is 0. The van der Waals surface area contributed by atoms with E-state index in [4.69, 9.17) is 25.8 Å². The fraction of sp³-hybridized carbons (Fsp3) is 0.438. The van der Waals surface area contributed by atoms with Crippen LogP contribution in [0, 0.1) is 0 Å². The van der Waals surface area contributed by atoms with Crippen molar-refractivity contribution in [2.24, 2.45) is 0 Å². The molecule has 0 aliphatic carbocycles. The second kappa shape index (κ2) is 7.18. The van der Waals surface area contributed by atoms with Crippen LogP contribution in [0.15, 0.2) is 12.1 Å². The number of nitrogens with one attached hydrogen (secondary N) is 2. The molecule has 136 valence electrons. The van der Waals surface area contributed by atoms with Crippen LogP contribution in [0.4, 0.5) is 4.79 Å². The molecule has 2 N–H and O–H groups in total. The van der Waals surface area contributed by atoms with Crippen molar-refractivity contribution in [2.45, 2.75) is 39.3 Å². The van der Waals surface area contributed by atoms with Gasteiger partial charge in [-0.1, -0.05) is 11.6 Å². The molecular formula is C16H19ClN2O6. The number of esters is 1. The Balaban J connectivity index is 1.97. The number of carbonyl (C=O) groups excluding carboxylic acids is 3. The van der Waals surface area contributed by atoms with Gasteiger partial charge in [-0.3, -0.25) is 10.1 Å². The van der Waals surface area contributed by atoms with Crippen molar-refractivity contribution in [3.05, 3.63) is 22.7 Å². The Morgan fingerprint density at radius 1 is 1.24 bits per heavy atom. The van der Waals surface area contributed by atoms with Crippen molar-refractivity contribution < 1.29 is 28.6 Å². The Morgan fingerprint density at radius 2 is 1.92 bits per heavy atom. The number of hydrogen-bond acceptors (Lipinski definition) is 6. The Bertz CT molecular complexity index is 713. The molecule has 8 nitrogen and oxygen atoms in total. The highest BCUT2D eigenvalue weighted by atomic mass is 35.5. The van der Waals surface area contributed by atoms with Gasteiger partial charge in [-0.25, -0.2) is 9.59 Å². The van der Waals surface area contributed by atoms with Crippen molar-refractivity contribution in [2.75, 3.05) is 6.79 Å². The van der Waals surface area contributed by atoms with Crippen molar-refractivity contribution in [3.8, 4) is 11.5 Å². The summed E-state index contributed by atoms with van der Waals surface area (Å²) in [4.78, 5) is 35.8. The van der Waals surface area contributed by atoms with Gasteiger partial charge in [0.15, 0.2) is 17.6 Å². The first-order valence-corrected chi connectivity index (χ1v) is 7.88. The van der Waals surface area contributed by atoms with Crippen molar-refractivity contribution >= 4 is 29.5 Å². The lowest BCUT2D eigenvalue weighted by Gasteiger charge is -2.21. The van der Waals surface area contributed by atoms with Gasteiger partial charge in [0.2, 0.25) is 6.79 Å². The number of rotatable bonds is 3. The summed E-state index contributed by atoms with van der Waals surface area (Å²) in [5.74, 6) is -0.856. The molecule has 0 unspecified atom stereocenters. The molecule has 1 heterocycles. The quantitative estimate of drug-likeness (QED) is 0.791. The summed E-state index contributed by atoms with van der Waals surface area (Å²) in [6.45, 7) is 6.67. The lowest BCUT2D eigenvalue weighted by atomic mass is 10.1. The predicted molar refractivity (Wildman–Crippen MR) is 88.9 cm³/mol. The fourth-order valence-electron chi connectivity index (χ4n) is 1.95. The minimum absolute atomic E-state index is 0.00918. The van der Waals surface area contributed by atoms with Crippen molar-refractivity contribution in [1.82, 2.24) is 10.6 Å². The maximum Gasteiger partial charge on any atom is 0.339 e. The number of fused-ring (bicyclic) bond motifs is 1. The maximum absolute atomic E-state index is 12.2. The Kier molecular flexibility index (Phi) is 5.42. The normalized spacial score (nSPS) is 13.8. The molecule has 0 saturated carbocycles. The highest BCUT2D eigenvalue weighted by molar-refractivity contribution is 6.32. The zero-order valence-corrected chi connectivity index (χ0v) is 15.0. The number of carbonyl (C=O) groups is 3. The third kappa shape index (κ3) is 4.99. The van der Waals surface area contributed by atoms with Crippen molar-refractivity contribution in [1.29, 1.82) is 0 Å². The molecule has 0 saturated heterocycles. The van der Waals surface area contributed by atoms with E-state index in [0.717, 1.165) is 0 Å². The zero-order valence-electron chi connectivity index (χ0n) is 14.3. The van der Waals surface area contributed by atoms with E-state index in [1.54, 1.807) is 20.8 Å². The van der Waals surface area contributed by atoms with Gasteiger partial charge in [0.25, 0.3) is 5.91 Å². The van der Waals surface area contributed by atoms with Crippen LogP contribution in [-0.4, -0.2) is 36.3 Å². The Labute approximate surface area is 149 Å². The van der Waals surface area contributed by atoms with Crippen molar-refractivity contribution in [3.63, 3.8) is 0 Å². The second-order valence-electron chi connectivity index (χ2n) is 6.43. The number of ether oxygens (including phenoxy) is 3. The summed E-state index contributed by atoms with van der Waals surface area (Å²) in [6, 6.07) is 2.09. The molecule has 0 aromatic heterocycles. The molecule has 9 heteroatoms. The fourth-order valence-corrected chi connectivity index (χ4v) is 2.22. The third-order valence-electron chi connectivity index (χ3n) is 3.04. The number of amides is 3. The van der Waals surface area contributed by atoms with Gasteiger partial charge in [-0.05, 0) is 39.8 Å². The van der Waals surface area contributed by atoms with E-state index in [2.05, 4.69) is 10.6 Å². The minimum atomic E-state index is -1.18. The average molecular weight is 371 g/mol. The van der Waals surface area contributed by atoms with E-state index >= 15 is 0 Å². The molecule has 0 radical (unpaired) electrons. The topological polar surface area (TPSA) is 103 Å². The molecular weight excluding hydrogens is 352 g/mol. The first-order chi connectivity index (χ1) is 11.6. The van der Waals surface area contributed by atoms with E-state index in [0.29, 0.717) is 11.5 Å². The third-order valence-corrected chi connectivity index (χ3v) is 3.32. The summed E-state index contributed by atoms with van der Waals surface area (Å²) < 4.78 is 15.4. The number of imide groups is 1. The highest BCUT2D eigenvalue weighted by Gasteiger charge is 2.25. The van der Waals surface area contributed by atoms with Crippen LogP contribution < -0.4 is 20.1 Å². The van der Waals surface area contributed by atoms with E-state index in [1.165, 1.54) is 19.1 Å². The molecule has 3 amide bonds. The van der Waals surface area contributed by atoms with Crippen LogP contribution >= 0.6 is 11.6 Å². The first-order valence-electron chi connectivity index (χ1n) is 7.50. The minimum Gasteiger partial charge on any atom is -0.454 e. The lowest BCUT2D eigenvalue weighted by Crippen LogP contribution is -2.50. The molecule has 1 aliphatic heterocycles. The number of benzene rings is 1. The van der Waals surface area contributed by atoms with Crippen LogP contribution in [0.1, 0.15) is 38.1 Å². The van der Waals surface area contributed by atoms with Gasteiger partial charge in [0.1, 0.15) is 0 Å². The Morgan fingerprint density at radius 3 is 2.56 bits per heavy atom. The van der Waals surface area contributed by atoms with Crippen LogP contribution in [0.2, 0.25) is 5.02 Å². The first kappa shape index (κ1) is 18.9. The van der Waals surface area contributed by atoms with Gasteiger partial charge in [0, 0.05) is 5.54 Å². The molecule has 0 spiro atoms. The predicted octanol–water partition coefficient (Wildman–Crippen LogP) is 2.24. The standard InChI is InChI=1S/C16H19ClN2O6/c1-8(13(20)18-15(22)19-16(2,3)4)25-14(21)9-5-10(17)12-11(6-9)23-7-24-12/h5-6,8H,7H2,1-4H3,(H2,18,19,20,22)/t8-/m1/s1. The molecule has 2 rings (SSSR count). The monoisotopic (exact) mass is 370 g/mol. The molecule has 0 bridgehead atoms. The van der Waals surface area contributed by atoms with Gasteiger partial charge >= 0.3 is 12.0 Å². The summed E-state index contributed by atoms with van der Waals surface area (Å²) in [5, 5.41) is 4.87. The molecule has 25 heavy (non-hydrogen) atoms. The summed E-state index contributed by atoms with van der Waals surface area (Å²) in [5.41, 5.74) is -0.402. The highest BCUT2D eigenvalue weighted by Crippen LogP contribution is 2.39. The van der Waals surface area contributed by atoms with Gasteiger partial charge in [-0.15, -0.1) is 0 Å². The second-order valence-corrected chi connectivity index (χ2v) is 6.84. The van der Waals surface area contributed by atoms with Gasteiger partial charge < -0.3 is 19.5 Å². The summed E-state index contributed by atoms with van der Waals surface area (Å²) in [6.07, 6.45) is -1.18. The largest absolute Gasteiger partial charge is 0.454 e. The smallest absolute Gasteiger partial charge is 0.339 e. The number of urea groups is 1. The summed E-state index contributed by atoms with van der Waals surface area (Å²) >= 11 is 6.00. The molecule has 1 atom stereocenters. The SMILES string of the molecule is C[C@@H](OC(=O)c1cc(Cl)c2c(c1)OCO2)C(=O)NC(=O)NC(C)(C)C. The van der Waals surface area contributed by atoms with E-state index in [-0.39, 0.29) is 17.4 Å². The van der Waals surface area contributed by atoms with Crippen LogP contribution in [0.25, 0.3) is 0 Å². The molecule has 0 fully saturated rings. The van der Waals surface area contributed by atoms with Crippen LogP contribution in [-0.2, 0) is 9.53 Å². The average Bonchev–Trinajstić information content (AvgIpc) is 2.93. The number of halogens is 1. The van der Waals surface area contributed by atoms with Gasteiger partial charge in [-0.2, -0.15) is 0 Å². The maximum atomic E-state index is 12.2. The van der Waals surface area contributed by atoms with Crippen LogP contribution in [0.3, 0.4) is 0 Å². The van der Waals surface area contributed by atoms with Crippen LogP contribution in [0.5, 0.6) is 11.5 Å². The molecule has 1 aromatic carbocycles. The lowest BCUT2D eigenvalue weighted by molar-refractivity contribution is -0.127. The van der Waals surface area contributed by atoms with E-state index in [9.17, 15) is 14.4 Å². The molecule has 1 aromatic rings. The van der Waals surface area contributed by atoms with E-state index < -0.39 is 29.6 Å². The Hall–Kier alpha value is -2.48.